The number of para-hydroxylation sites is 2. The Morgan fingerprint density at radius 3 is 2.65 bits per heavy atom. The summed E-state index contributed by atoms with van der Waals surface area (Å²) < 4.78 is 8.93. The van der Waals surface area contributed by atoms with Gasteiger partial charge in [-0.3, -0.25) is 0 Å². The Hall–Kier alpha value is -3.13. The highest BCUT2D eigenvalue weighted by molar-refractivity contribution is 7.98. The van der Waals surface area contributed by atoms with Gasteiger partial charge in [0.2, 0.25) is 5.16 Å². The zero-order valence-corrected chi connectivity index (χ0v) is 14.9. The highest BCUT2D eigenvalue weighted by atomic mass is 32.2. The lowest BCUT2D eigenvalue weighted by Gasteiger charge is -2.09. The third-order valence-electron chi connectivity index (χ3n) is 3.83. The molecule has 0 N–H and O–H groups in total. The Balaban J connectivity index is 1.50. The number of benzene rings is 2. The molecule has 0 unspecified atom stereocenters. The molecule has 0 atom stereocenters. The van der Waals surface area contributed by atoms with Gasteiger partial charge in [0.15, 0.2) is 0 Å². The van der Waals surface area contributed by atoms with Crippen molar-refractivity contribution >= 4 is 11.8 Å². The van der Waals surface area contributed by atoms with E-state index < -0.39 is 0 Å². The fraction of sp³-hybridized carbons (Fsp3) is 0.111. The van der Waals surface area contributed by atoms with Crippen LogP contribution >= 0.6 is 11.8 Å². The fourth-order valence-corrected chi connectivity index (χ4v) is 3.38. The van der Waals surface area contributed by atoms with Crippen molar-refractivity contribution in [1.82, 2.24) is 30.0 Å². The molecule has 26 heavy (non-hydrogen) atoms. The van der Waals surface area contributed by atoms with Crippen LogP contribution in [0.5, 0.6) is 5.75 Å². The molecule has 0 saturated carbocycles. The summed E-state index contributed by atoms with van der Waals surface area (Å²) in [5.74, 6) is 1.49. The highest BCUT2D eigenvalue weighted by Crippen LogP contribution is 2.27. The molecule has 4 aromatic rings. The van der Waals surface area contributed by atoms with Crippen molar-refractivity contribution in [1.29, 1.82) is 0 Å². The molecule has 0 aliphatic heterocycles. The lowest BCUT2D eigenvalue weighted by Crippen LogP contribution is -2.01. The van der Waals surface area contributed by atoms with Gasteiger partial charge in [0, 0.05) is 18.1 Å². The highest BCUT2D eigenvalue weighted by Gasteiger charge is 2.13. The Morgan fingerprint density at radius 1 is 1.04 bits per heavy atom. The van der Waals surface area contributed by atoms with Crippen LogP contribution in [0.2, 0.25) is 0 Å². The van der Waals surface area contributed by atoms with E-state index in [1.165, 1.54) is 5.56 Å². The molecule has 0 radical (unpaired) electrons. The number of methoxy groups -OCH3 is 1. The number of hydrogen-bond acceptors (Lipinski definition) is 6. The molecule has 0 aliphatic carbocycles. The average molecular weight is 364 g/mol. The topological polar surface area (TPSA) is 70.7 Å². The summed E-state index contributed by atoms with van der Waals surface area (Å²) in [6.07, 6.45) is 3.69. The van der Waals surface area contributed by atoms with Crippen LogP contribution in [0.25, 0.3) is 11.4 Å². The van der Waals surface area contributed by atoms with Crippen LogP contribution in [0.15, 0.2) is 72.1 Å². The van der Waals surface area contributed by atoms with Crippen molar-refractivity contribution in [3.8, 4) is 17.1 Å². The van der Waals surface area contributed by atoms with Gasteiger partial charge >= 0.3 is 0 Å². The zero-order chi connectivity index (χ0) is 17.8. The number of rotatable bonds is 6. The molecule has 2 heterocycles. The molecule has 0 spiro atoms. The van der Waals surface area contributed by atoms with Crippen molar-refractivity contribution in [3.05, 3.63) is 72.6 Å². The van der Waals surface area contributed by atoms with E-state index in [1.54, 1.807) is 29.8 Å². The Kier molecular flexibility index (Phi) is 4.65. The molecule has 0 amide bonds. The number of aromatic nitrogens is 6. The molecule has 4 rings (SSSR count). The van der Waals surface area contributed by atoms with E-state index in [0.717, 1.165) is 22.9 Å². The SMILES string of the molecule is COc1ccccc1-n1nnnc1SCc1ccc(-n2cccn2)cc1. The molecular weight excluding hydrogens is 348 g/mol. The second-order valence-electron chi connectivity index (χ2n) is 5.45. The summed E-state index contributed by atoms with van der Waals surface area (Å²) in [5.41, 5.74) is 3.03. The largest absolute Gasteiger partial charge is 0.494 e. The number of thioether (sulfide) groups is 1. The number of hydrogen-bond donors (Lipinski definition) is 0. The van der Waals surface area contributed by atoms with E-state index in [1.807, 2.05) is 53.3 Å². The molecule has 7 nitrogen and oxygen atoms in total. The minimum Gasteiger partial charge on any atom is -0.494 e. The van der Waals surface area contributed by atoms with Crippen LogP contribution in [-0.2, 0) is 5.75 Å². The molecule has 0 aliphatic rings. The molecule has 2 aromatic heterocycles. The molecule has 0 fully saturated rings. The Morgan fingerprint density at radius 2 is 1.88 bits per heavy atom. The van der Waals surface area contributed by atoms with E-state index in [0.29, 0.717) is 5.16 Å². The van der Waals surface area contributed by atoms with Gasteiger partial charge < -0.3 is 4.74 Å². The summed E-state index contributed by atoms with van der Waals surface area (Å²) in [7, 11) is 1.64. The smallest absolute Gasteiger partial charge is 0.214 e. The third kappa shape index (κ3) is 3.31. The van der Waals surface area contributed by atoms with E-state index >= 15 is 0 Å². The van der Waals surface area contributed by atoms with Gasteiger partial charge in [-0.05, 0) is 46.3 Å². The summed E-state index contributed by atoms with van der Waals surface area (Å²) in [6, 6.07) is 17.8. The van der Waals surface area contributed by atoms with E-state index in [-0.39, 0.29) is 0 Å². The molecule has 130 valence electrons. The van der Waals surface area contributed by atoms with Crippen molar-refractivity contribution in [3.63, 3.8) is 0 Å². The summed E-state index contributed by atoms with van der Waals surface area (Å²) in [5, 5.41) is 17.0. The summed E-state index contributed by atoms with van der Waals surface area (Å²) >= 11 is 1.57. The van der Waals surface area contributed by atoms with Gasteiger partial charge in [-0.25, -0.2) is 4.68 Å². The second kappa shape index (κ2) is 7.40. The van der Waals surface area contributed by atoms with Crippen LogP contribution in [0.3, 0.4) is 0 Å². The van der Waals surface area contributed by atoms with Crippen LogP contribution in [0.1, 0.15) is 5.56 Å². The van der Waals surface area contributed by atoms with Crippen molar-refractivity contribution in [2.24, 2.45) is 0 Å². The molecule has 0 saturated heterocycles. The van der Waals surface area contributed by atoms with Crippen LogP contribution in [0, 0.1) is 0 Å². The van der Waals surface area contributed by atoms with Crippen molar-refractivity contribution in [2.75, 3.05) is 7.11 Å². The van der Waals surface area contributed by atoms with E-state index in [9.17, 15) is 0 Å². The lowest BCUT2D eigenvalue weighted by molar-refractivity contribution is 0.410. The first-order chi connectivity index (χ1) is 12.8. The van der Waals surface area contributed by atoms with Crippen molar-refractivity contribution < 1.29 is 4.74 Å². The predicted octanol–water partition coefficient (Wildman–Crippen LogP) is 3.15. The lowest BCUT2D eigenvalue weighted by atomic mass is 10.2. The Labute approximate surface area is 154 Å². The minimum atomic E-state index is 0.714. The second-order valence-corrected chi connectivity index (χ2v) is 6.39. The van der Waals surface area contributed by atoms with Crippen LogP contribution in [-0.4, -0.2) is 37.1 Å². The summed E-state index contributed by atoms with van der Waals surface area (Å²) in [4.78, 5) is 0. The Bertz CT molecular complexity index is 981. The van der Waals surface area contributed by atoms with Gasteiger partial charge in [-0.1, -0.05) is 36.0 Å². The van der Waals surface area contributed by atoms with Crippen LogP contribution < -0.4 is 4.74 Å². The average Bonchev–Trinajstić information content (AvgIpc) is 3.38. The van der Waals surface area contributed by atoms with Crippen molar-refractivity contribution in [2.45, 2.75) is 10.9 Å². The van der Waals surface area contributed by atoms with Gasteiger partial charge in [-0.15, -0.1) is 5.10 Å². The first kappa shape index (κ1) is 16.3. The first-order valence-electron chi connectivity index (χ1n) is 7.98. The first-order valence-corrected chi connectivity index (χ1v) is 8.97. The monoisotopic (exact) mass is 364 g/mol. The van der Waals surface area contributed by atoms with E-state index in [4.69, 9.17) is 4.74 Å². The van der Waals surface area contributed by atoms with Crippen LogP contribution in [0.4, 0.5) is 0 Å². The normalized spacial score (nSPS) is 10.8. The van der Waals surface area contributed by atoms with Gasteiger partial charge in [0.25, 0.3) is 0 Å². The maximum Gasteiger partial charge on any atom is 0.214 e. The van der Waals surface area contributed by atoms with E-state index in [2.05, 4.69) is 32.8 Å². The quantitative estimate of drug-likeness (QED) is 0.490. The summed E-state index contributed by atoms with van der Waals surface area (Å²) in [6.45, 7) is 0. The van der Waals surface area contributed by atoms with Gasteiger partial charge in [-0.2, -0.15) is 9.78 Å². The molecule has 0 bridgehead atoms. The predicted molar refractivity (Wildman–Crippen MR) is 98.8 cm³/mol. The minimum absolute atomic E-state index is 0.714. The number of nitrogens with zero attached hydrogens (tertiary/aromatic N) is 6. The maximum atomic E-state index is 5.40. The molecule has 2 aromatic carbocycles. The standard InChI is InChI=1S/C18H16N6OS/c1-25-17-6-3-2-5-16(17)24-18(20-21-22-24)26-13-14-7-9-15(10-8-14)23-12-4-11-19-23/h2-12H,13H2,1H3. The number of ether oxygens (including phenoxy) is 1. The zero-order valence-electron chi connectivity index (χ0n) is 14.1. The molecular formula is C18H16N6OS. The van der Waals surface area contributed by atoms with Gasteiger partial charge in [0.1, 0.15) is 11.4 Å². The van der Waals surface area contributed by atoms with Gasteiger partial charge in [0.05, 0.1) is 12.8 Å². The molecule has 8 heteroatoms. The number of tetrazole rings is 1. The maximum absolute atomic E-state index is 5.40. The fourth-order valence-electron chi connectivity index (χ4n) is 2.54. The third-order valence-corrected chi connectivity index (χ3v) is 4.82.